The molecule has 0 bridgehead atoms. The molecule has 0 amide bonds. The number of rotatable bonds is 3. The number of allylic oxidation sites excluding steroid dienone is 1. The van der Waals surface area contributed by atoms with Crippen molar-refractivity contribution in [3.8, 4) is 0 Å². The van der Waals surface area contributed by atoms with Crippen molar-refractivity contribution in [2.24, 2.45) is 0 Å². The largest absolute Gasteiger partial charge is 0.323 e. The molecule has 22 heavy (non-hydrogen) atoms. The average Bonchev–Trinajstić information content (AvgIpc) is 2.78. The molecule has 0 aliphatic carbocycles. The number of nitrogens with one attached hydrogen (secondary N) is 1. The van der Waals surface area contributed by atoms with Crippen molar-refractivity contribution in [3.63, 3.8) is 0 Å². The molecule has 0 spiro atoms. The summed E-state index contributed by atoms with van der Waals surface area (Å²) in [6.07, 6.45) is 3.96. The zero-order chi connectivity index (χ0) is 15.7. The number of hydrogen-bond acceptors (Lipinski definition) is 3. The van der Waals surface area contributed by atoms with Gasteiger partial charge in [-0.1, -0.05) is 42.5 Å². The van der Waals surface area contributed by atoms with Crippen LogP contribution in [0, 0.1) is 18.6 Å². The normalized spacial score (nSPS) is 11.5. The maximum Gasteiger partial charge on any atom is 0.263 e. The lowest BCUT2D eigenvalue weighted by molar-refractivity contribution is 0.754. The van der Waals surface area contributed by atoms with Gasteiger partial charge < -0.3 is 4.98 Å². The van der Waals surface area contributed by atoms with E-state index in [0.717, 1.165) is 26.2 Å². The van der Waals surface area contributed by atoms with Crippen LogP contribution in [-0.4, -0.2) is 9.55 Å². The van der Waals surface area contributed by atoms with Crippen LogP contribution in [0.3, 0.4) is 0 Å². The highest BCUT2D eigenvalue weighted by Gasteiger charge is 2.11. The van der Waals surface area contributed by atoms with Gasteiger partial charge in [0.05, 0.1) is 5.39 Å². The van der Waals surface area contributed by atoms with Crippen molar-refractivity contribution < 1.29 is 0 Å². The highest BCUT2D eigenvalue weighted by molar-refractivity contribution is 7.71. The number of aromatic amines is 1. The van der Waals surface area contributed by atoms with Gasteiger partial charge in [-0.25, -0.2) is 0 Å². The Bertz CT molecular complexity index is 962. The minimum absolute atomic E-state index is 0.0155. The molecule has 0 fully saturated rings. The first kappa shape index (κ1) is 14.9. The Hall–Kier alpha value is -1.98. The van der Waals surface area contributed by atoms with E-state index in [-0.39, 0.29) is 5.56 Å². The van der Waals surface area contributed by atoms with Gasteiger partial charge in [-0.3, -0.25) is 9.36 Å². The van der Waals surface area contributed by atoms with Crippen LogP contribution in [0.2, 0.25) is 0 Å². The zero-order valence-electron chi connectivity index (χ0n) is 12.4. The SMILES string of the molecule is Cc1sc2[nH]c(=S)n(C/C=C/c3ccccc3)c(=O)c2c1C. The Kier molecular flexibility index (Phi) is 4.09. The van der Waals surface area contributed by atoms with E-state index in [1.807, 2.05) is 56.3 Å². The fraction of sp³-hybridized carbons (Fsp3) is 0.176. The molecular weight excluding hydrogens is 312 g/mol. The van der Waals surface area contributed by atoms with Crippen molar-refractivity contribution in [3.05, 3.63) is 67.5 Å². The van der Waals surface area contributed by atoms with Gasteiger partial charge in [0.25, 0.3) is 5.56 Å². The van der Waals surface area contributed by atoms with Crippen molar-refractivity contribution in [2.45, 2.75) is 20.4 Å². The highest BCUT2D eigenvalue weighted by Crippen LogP contribution is 2.25. The Morgan fingerprint density at radius 2 is 2.00 bits per heavy atom. The van der Waals surface area contributed by atoms with Gasteiger partial charge in [0, 0.05) is 11.4 Å². The summed E-state index contributed by atoms with van der Waals surface area (Å²) in [7, 11) is 0. The second-order valence-electron chi connectivity index (χ2n) is 5.15. The van der Waals surface area contributed by atoms with Gasteiger partial charge >= 0.3 is 0 Å². The molecule has 3 nitrogen and oxygen atoms in total. The number of aromatic nitrogens is 2. The minimum Gasteiger partial charge on any atom is -0.323 e. The maximum atomic E-state index is 12.7. The van der Waals surface area contributed by atoms with E-state index >= 15 is 0 Å². The molecule has 0 unspecified atom stereocenters. The van der Waals surface area contributed by atoms with Crippen LogP contribution in [-0.2, 0) is 6.54 Å². The van der Waals surface area contributed by atoms with Crippen LogP contribution >= 0.6 is 23.6 Å². The lowest BCUT2D eigenvalue weighted by Crippen LogP contribution is -2.21. The summed E-state index contributed by atoms with van der Waals surface area (Å²) in [5.74, 6) is 0. The Morgan fingerprint density at radius 1 is 1.27 bits per heavy atom. The molecule has 2 heterocycles. The molecule has 0 atom stereocenters. The molecule has 0 saturated carbocycles. The third-order valence-corrected chi connectivity index (χ3v) is 5.15. The first-order valence-corrected chi connectivity index (χ1v) is 8.25. The van der Waals surface area contributed by atoms with E-state index in [9.17, 15) is 4.79 Å². The van der Waals surface area contributed by atoms with Gasteiger partial charge in [-0.2, -0.15) is 0 Å². The fourth-order valence-corrected chi connectivity index (χ4v) is 3.76. The van der Waals surface area contributed by atoms with Gasteiger partial charge in [-0.05, 0) is 37.2 Å². The van der Waals surface area contributed by atoms with Crippen molar-refractivity contribution in [2.75, 3.05) is 0 Å². The van der Waals surface area contributed by atoms with Crippen LogP contribution in [0.5, 0.6) is 0 Å². The molecule has 2 aromatic heterocycles. The second-order valence-corrected chi connectivity index (χ2v) is 6.76. The summed E-state index contributed by atoms with van der Waals surface area (Å²) >= 11 is 6.91. The van der Waals surface area contributed by atoms with Crippen molar-refractivity contribution in [1.29, 1.82) is 0 Å². The molecule has 0 aliphatic rings. The molecular formula is C17H16N2OS2. The van der Waals surface area contributed by atoms with E-state index in [4.69, 9.17) is 12.2 Å². The molecule has 0 radical (unpaired) electrons. The van der Waals surface area contributed by atoms with Gasteiger partial charge in [-0.15, -0.1) is 11.3 Å². The predicted octanol–water partition coefficient (Wildman–Crippen LogP) is 4.45. The highest BCUT2D eigenvalue weighted by atomic mass is 32.1. The van der Waals surface area contributed by atoms with Gasteiger partial charge in [0.2, 0.25) is 0 Å². The quantitative estimate of drug-likeness (QED) is 0.721. The summed E-state index contributed by atoms with van der Waals surface area (Å²) in [6, 6.07) is 10.0. The summed E-state index contributed by atoms with van der Waals surface area (Å²) in [6.45, 7) is 4.47. The first-order valence-electron chi connectivity index (χ1n) is 7.02. The minimum atomic E-state index is -0.0155. The molecule has 3 aromatic rings. The van der Waals surface area contributed by atoms with E-state index in [2.05, 4.69) is 4.98 Å². The topological polar surface area (TPSA) is 37.8 Å². The van der Waals surface area contributed by atoms with Crippen LogP contribution in [0.4, 0.5) is 0 Å². The fourth-order valence-electron chi connectivity index (χ4n) is 2.39. The van der Waals surface area contributed by atoms with Crippen LogP contribution in [0.15, 0.2) is 41.2 Å². The summed E-state index contributed by atoms with van der Waals surface area (Å²) < 4.78 is 2.08. The van der Waals surface area contributed by atoms with Crippen LogP contribution in [0.1, 0.15) is 16.0 Å². The molecule has 3 rings (SSSR count). The molecule has 112 valence electrons. The van der Waals surface area contributed by atoms with Crippen molar-refractivity contribution in [1.82, 2.24) is 9.55 Å². The average molecular weight is 328 g/mol. The summed E-state index contributed by atoms with van der Waals surface area (Å²) in [5.41, 5.74) is 2.13. The number of thiophene rings is 1. The second kappa shape index (κ2) is 6.02. The Morgan fingerprint density at radius 3 is 2.73 bits per heavy atom. The van der Waals surface area contributed by atoms with E-state index < -0.39 is 0 Å². The standard InChI is InChI=1S/C17H16N2OS2/c1-11-12(2)22-15-14(11)16(20)19(17(21)18-15)10-6-9-13-7-4-3-5-8-13/h3-9H,10H2,1-2H3,(H,18,21)/b9-6+. The monoisotopic (exact) mass is 328 g/mol. The Labute approximate surface area is 137 Å². The molecule has 1 aromatic carbocycles. The van der Waals surface area contributed by atoms with Crippen LogP contribution in [0.25, 0.3) is 16.3 Å². The van der Waals surface area contributed by atoms with E-state index in [1.54, 1.807) is 15.9 Å². The molecule has 0 saturated heterocycles. The van der Waals surface area contributed by atoms with Crippen molar-refractivity contribution >= 4 is 39.8 Å². The third kappa shape index (κ3) is 2.69. The molecule has 1 N–H and O–H groups in total. The first-order chi connectivity index (χ1) is 10.6. The summed E-state index contributed by atoms with van der Waals surface area (Å²) in [5, 5.41) is 0.754. The number of nitrogens with zero attached hydrogens (tertiary/aromatic N) is 1. The molecule has 5 heteroatoms. The molecule has 0 aliphatic heterocycles. The maximum absolute atomic E-state index is 12.7. The third-order valence-electron chi connectivity index (χ3n) is 3.71. The number of hydrogen-bond donors (Lipinski definition) is 1. The van der Waals surface area contributed by atoms with E-state index in [0.29, 0.717) is 11.3 Å². The number of benzene rings is 1. The smallest absolute Gasteiger partial charge is 0.263 e. The lowest BCUT2D eigenvalue weighted by atomic mass is 10.2. The predicted molar refractivity (Wildman–Crippen MR) is 96.2 cm³/mol. The van der Waals surface area contributed by atoms with Gasteiger partial charge in [0.15, 0.2) is 4.77 Å². The van der Waals surface area contributed by atoms with Gasteiger partial charge in [0.1, 0.15) is 4.83 Å². The number of H-pyrrole nitrogens is 1. The lowest BCUT2D eigenvalue weighted by Gasteiger charge is -2.03. The number of fused-ring (bicyclic) bond motifs is 1. The van der Waals surface area contributed by atoms with E-state index in [1.165, 1.54) is 0 Å². The Balaban J connectivity index is 2.01. The van der Waals surface area contributed by atoms with Crippen LogP contribution < -0.4 is 5.56 Å². The number of aryl methyl sites for hydroxylation is 2. The zero-order valence-corrected chi connectivity index (χ0v) is 14.1. The summed E-state index contributed by atoms with van der Waals surface area (Å²) in [4.78, 5) is 17.9.